The second kappa shape index (κ2) is 7.22. The fourth-order valence-electron chi connectivity index (χ4n) is 1.86. The monoisotopic (exact) mass is 292 g/mol. The van der Waals surface area contributed by atoms with E-state index in [1.807, 2.05) is 31.2 Å². The highest BCUT2D eigenvalue weighted by Gasteiger charge is 2.10. The molecule has 0 saturated heterocycles. The lowest BCUT2D eigenvalue weighted by Crippen LogP contribution is -2.26. The van der Waals surface area contributed by atoms with E-state index < -0.39 is 0 Å². The average Bonchev–Trinajstić information content (AvgIpc) is 2.47. The number of amides is 1. The van der Waals surface area contributed by atoms with Gasteiger partial charge in [0.25, 0.3) is 5.91 Å². The minimum Gasteiger partial charge on any atom is -0.382 e. The third-order valence-corrected chi connectivity index (χ3v) is 3.17. The van der Waals surface area contributed by atoms with Gasteiger partial charge in [-0.05, 0) is 25.5 Å². The van der Waals surface area contributed by atoms with Crippen molar-refractivity contribution < 1.29 is 9.53 Å². The van der Waals surface area contributed by atoms with Crippen LogP contribution in [0.15, 0.2) is 30.3 Å². The highest BCUT2D eigenvalue weighted by molar-refractivity contribution is 6.35. The average molecular weight is 293 g/mol. The molecule has 0 bridgehead atoms. The van der Waals surface area contributed by atoms with Crippen LogP contribution in [-0.2, 0) is 4.74 Å². The van der Waals surface area contributed by atoms with E-state index >= 15 is 0 Å². The summed E-state index contributed by atoms with van der Waals surface area (Å²) >= 11 is 6.17. The number of hydrogen-bond acceptors (Lipinski definition) is 3. The molecule has 5 heteroatoms. The Morgan fingerprint density at radius 2 is 2.20 bits per heavy atom. The van der Waals surface area contributed by atoms with Gasteiger partial charge in [-0.1, -0.05) is 29.8 Å². The van der Waals surface area contributed by atoms with Gasteiger partial charge >= 0.3 is 0 Å². The van der Waals surface area contributed by atoms with Gasteiger partial charge in [0.2, 0.25) is 0 Å². The Morgan fingerprint density at radius 3 is 3.00 bits per heavy atom. The van der Waals surface area contributed by atoms with Gasteiger partial charge < -0.3 is 10.1 Å². The summed E-state index contributed by atoms with van der Waals surface area (Å²) in [5.74, 6) is -0.214. The summed E-state index contributed by atoms with van der Waals surface area (Å²) in [6, 6.07) is 9.09. The van der Waals surface area contributed by atoms with Crippen LogP contribution in [0.1, 0.15) is 23.8 Å². The molecule has 2 rings (SSSR count). The summed E-state index contributed by atoms with van der Waals surface area (Å²) < 4.78 is 5.21. The minimum absolute atomic E-state index is 0.214. The van der Waals surface area contributed by atoms with E-state index in [4.69, 9.17) is 16.3 Å². The molecule has 0 radical (unpaired) electrons. The first kappa shape index (κ1) is 14.8. The predicted octanol–water partition coefficient (Wildman–Crippen LogP) is 3.04. The number of carbonyl (C=O) groups is 1. The molecule has 0 atom stereocenters. The summed E-state index contributed by atoms with van der Waals surface area (Å²) in [6.45, 7) is 3.84. The Kier molecular flexibility index (Phi) is 5.32. The van der Waals surface area contributed by atoms with Crippen molar-refractivity contribution in [1.82, 2.24) is 10.3 Å². The Balaban J connectivity index is 2.03. The van der Waals surface area contributed by atoms with Crippen molar-refractivity contribution in [2.45, 2.75) is 13.3 Å². The molecule has 4 nitrogen and oxygen atoms in total. The summed E-state index contributed by atoms with van der Waals surface area (Å²) in [4.78, 5) is 16.3. The standard InChI is InChI=1S/C15H17ClN2O2/c1-2-20-9-5-8-17-15(19)14-10-12(16)11-6-3-4-7-13(11)18-14/h3-4,6-7,10H,2,5,8-9H2,1H3,(H,17,19). The van der Waals surface area contributed by atoms with Gasteiger partial charge in [-0.2, -0.15) is 0 Å². The van der Waals surface area contributed by atoms with E-state index in [0.29, 0.717) is 30.5 Å². The van der Waals surface area contributed by atoms with Crippen LogP contribution in [0, 0.1) is 0 Å². The van der Waals surface area contributed by atoms with Crippen LogP contribution in [0.2, 0.25) is 5.02 Å². The number of benzene rings is 1. The van der Waals surface area contributed by atoms with Crippen LogP contribution in [0.4, 0.5) is 0 Å². The first-order chi connectivity index (χ1) is 9.72. The molecule has 1 aromatic heterocycles. The topological polar surface area (TPSA) is 51.2 Å². The molecule has 0 spiro atoms. The molecule has 1 aromatic carbocycles. The third-order valence-electron chi connectivity index (χ3n) is 2.85. The number of nitrogens with one attached hydrogen (secondary N) is 1. The fourth-order valence-corrected chi connectivity index (χ4v) is 2.12. The number of rotatable bonds is 6. The van der Waals surface area contributed by atoms with E-state index in [0.717, 1.165) is 17.3 Å². The molecule has 1 amide bonds. The molecule has 20 heavy (non-hydrogen) atoms. The second-order valence-electron chi connectivity index (χ2n) is 4.31. The molecule has 0 aliphatic rings. The van der Waals surface area contributed by atoms with E-state index in [1.165, 1.54) is 0 Å². The molecular weight excluding hydrogens is 276 g/mol. The first-order valence-electron chi connectivity index (χ1n) is 6.63. The summed E-state index contributed by atoms with van der Waals surface area (Å²) in [5.41, 5.74) is 1.06. The molecule has 1 N–H and O–H groups in total. The van der Waals surface area contributed by atoms with Crippen molar-refractivity contribution in [3.05, 3.63) is 41.0 Å². The van der Waals surface area contributed by atoms with Gasteiger partial charge in [-0.25, -0.2) is 4.98 Å². The van der Waals surface area contributed by atoms with E-state index in [-0.39, 0.29) is 5.91 Å². The van der Waals surface area contributed by atoms with Crippen molar-refractivity contribution in [1.29, 1.82) is 0 Å². The maximum Gasteiger partial charge on any atom is 0.269 e. The van der Waals surface area contributed by atoms with Gasteiger partial charge in [-0.3, -0.25) is 4.79 Å². The third kappa shape index (κ3) is 3.68. The lowest BCUT2D eigenvalue weighted by Gasteiger charge is -2.07. The molecular formula is C15H17ClN2O2. The smallest absolute Gasteiger partial charge is 0.269 e. The van der Waals surface area contributed by atoms with Crippen LogP contribution in [0.25, 0.3) is 10.9 Å². The Morgan fingerprint density at radius 1 is 1.40 bits per heavy atom. The zero-order valence-corrected chi connectivity index (χ0v) is 12.1. The van der Waals surface area contributed by atoms with E-state index in [1.54, 1.807) is 6.07 Å². The van der Waals surface area contributed by atoms with Gasteiger partial charge in [0, 0.05) is 25.1 Å². The highest BCUT2D eigenvalue weighted by Crippen LogP contribution is 2.22. The Bertz CT molecular complexity index is 601. The Hall–Kier alpha value is -1.65. The van der Waals surface area contributed by atoms with Crippen molar-refractivity contribution in [2.24, 2.45) is 0 Å². The van der Waals surface area contributed by atoms with Crippen molar-refractivity contribution in [3.63, 3.8) is 0 Å². The van der Waals surface area contributed by atoms with Gasteiger partial charge in [0.1, 0.15) is 5.69 Å². The van der Waals surface area contributed by atoms with Crippen molar-refractivity contribution >= 4 is 28.4 Å². The number of halogens is 1. The normalized spacial score (nSPS) is 10.7. The molecule has 106 valence electrons. The molecule has 0 saturated carbocycles. The zero-order valence-electron chi connectivity index (χ0n) is 11.4. The number of ether oxygens (including phenoxy) is 1. The fraction of sp³-hybridized carbons (Fsp3) is 0.333. The number of para-hydroxylation sites is 1. The van der Waals surface area contributed by atoms with Crippen molar-refractivity contribution in [3.8, 4) is 0 Å². The number of pyridine rings is 1. The summed E-state index contributed by atoms with van der Waals surface area (Å²) in [6.07, 6.45) is 0.779. The van der Waals surface area contributed by atoms with Gasteiger partial charge in [-0.15, -0.1) is 0 Å². The van der Waals surface area contributed by atoms with Crippen LogP contribution < -0.4 is 5.32 Å². The van der Waals surface area contributed by atoms with Crippen LogP contribution in [-0.4, -0.2) is 30.6 Å². The maximum absolute atomic E-state index is 12.0. The molecule has 2 aromatic rings. The van der Waals surface area contributed by atoms with Crippen molar-refractivity contribution in [2.75, 3.05) is 19.8 Å². The minimum atomic E-state index is -0.214. The number of carbonyl (C=O) groups excluding carboxylic acids is 1. The number of hydrogen-bond donors (Lipinski definition) is 1. The molecule has 0 fully saturated rings. The second-order valence-corrected chi connectivity index (χ2v) is 4.72. The largest absolute Gasteiger partial charge is 0.382 e. The summed E-state index contributed by atoms with van der Waals surface area (Å²) in [5, 5.41) is 4.20. The zero-order chi connectivity index (χ0) is 14.4. The molecule has 0 unspecified atom stereocenters. The lowest BCUT2D eigenvalue weighted by atomic mass is 10.2. The van der Waals surface area contributed by atoms with Gasteiger partial charge in [0.05, 0.1) is 10.5 Å². The van der Waals surface area contributed by atoms with Crippen LogP contribution >= 0.6 is 11.6 Å². The maximum atomic E-state index is 12.0. The number of nitrogens with zero attached hydrogens (tertiary/aromatic N) is 1. The number of fused-ring (bicyclic) bond motifs is 1. The SMILES string of the molecule is CCOCCCNC(=O)c1cc(Cl)c2ccccc2n1. The quantitative estimate of drug-likeness (QED) is 0.833. The number of aromatic nitrogens is 1. The molecule has 1 heterocycles. The van der Waals surface area contributed by atoms with Crippen LogP contribution in [0.3, 0.4) is 0 Å². The first-order valence-corrected chi connectivity index (χ1v) is 7.01. The highest BCUT2D eigenvalue weighted by atomic mass is 35.5. The van der Waals surface area contributed by atoms with Gasteiger partial charge in [0.15, 0.2) is 0 Å². The lowest BCUT2D eigenvalue weighted by molar-refractivity contribution is 0.0939. The molecule has 0 aliphatic carbocycles. The summed E-state index contributed by atoms with van der Waals surface area (Å²) in [7, 11) is 0. The van der Waals surface area contributed by atoms with E-state index in [9.17, 15) is 4.79 Å². The van der Waals surface area contributed by atoms with E-state index in [2.05, 4.69) is 10.3 Å². The van der Waals surface area contributed by atoms with Crippen LogP contribution in [0.5, 0.6) is 0 Å². The predicted molar refractivity (Wildman–Crippen MR) is 80.2 cm³/mol. The Labute approximate surface area is 123 Å². The molecule has 0 aliphatic heterocycles.